The van der Waals surface area contributed by atoms with Crippen LogP contribution >= 0.6 is 0 Å². The molecule has 0 radical (unpaired) electrons. The molecule has 3 nitrogen and oxygen atoms in total. The monoisotopic (exact) mass is 266 g/mol. The van der Waals surface area contributed by atoms with Crippen molar-refractivity contribution in [3.63, 3.8) is 0 Å². The van der Waals surface area contributed by atoms with Gasteiger partial charge >= 0.3 is 0 Å². The van der Waals surface area contributed by atoms with Crippen LogP contribution < -0.4 is 5.73 Å². The molecule has 0 spiro atoms. The van der Waals surface area contributed by atoms with E-state index in [1.54, 1.807) is 0 Å². The molecule has 0 saturated carbocycles. The molecule has 0 fully saturated rings. The fourth-order valence-corrected chi connectivity index (χ4v) is 2.51. The molecule has 3 heteroatoms. The fraction of sp³-hybridized carbons (Fsp3) is 0.235. The molecule has 0 saturated heterocycles. The Kier molecular flexibility index (Phi) is 2.87. The van der Waals surface area contributed by atoms with Crippen molar-refractivity contribution in [2.75, 3.05) is 0 Å². The van der Waals surface area contributed by atoms with E-state index >= 15 is 0 Å². The van der Waals surface area contributed by atoms with Gasteiger partial charge < -0.3 is 10.2 Å². The van der Waals surface area contributed by atoms with Crippen LogP contribution in [0.1, 0.15) is 29.5 Å². The Morgan fingerprint density at radius 2 is 1.80 bits per heavy atom. The van der Waals surface area contributed by atoms with E-state index in [0.717, 1.165) is 22.2 Å². The Labute approximate surface area is 118 Å². The third-order valence-electron chi connectivity index (χ3n) is 3.64. The summed E-state index contributed by atoms with van der Waals surface area (Å²) in [5, 5.41) is 0. The molecule has 3 rings (SSSR count). The summed E-state index contributed by atoms with van der Waals surface area (Å²) in [6, 6.07) is 14.0. The summed E-state index contributed by atoms with van der Waals surface area (Å²) in [5.41, 5.74) is 10.7. The number of nitrogens with zero attached hydrogens (tertiary/aromatic N) is 1. The standard InChI is InChI=1S/C17H18N2O/c1-11-9-12(2)15-14(10-11)19-16(20-15)17(3,18)13-7-5-4-6-8-13/h4-10H,18H2,1-3H3. The minimum Gasteiger partial charge on any atom is -0.438 e. The Hall–Kier alpha value is -2.13. The summed E-state index contributed by atoms with van der Waals surface area (Å²) in [6.07, 6.45) is 0. The van der Waals surface area contributed by atoms with Gasteiger partial charge in [0.1, 0.15) is 11.1 Å². The molecular formula is C17H18N2O. The molecule has 1 atom stereocenters. The van der Waals surface area contributed by atoms with Crippen molar-refractivity contribution in [3.05, 3.63) is 65.0 Å². The van der Waals surface area contributed by atoms with E-state index in [4.69, 9.17) is 10.2 Å². The molecule has 0 aliphatic rings. The van der Waals surface area contributed by atoms with Crippen molar-refractivity contribution < 1.29 is 4.42 Å². The molecule has 1 aromatic heterocycles. The Morgan fingerprint density at radius 3 is 2.50 bits per heavy atom. The van der Waals surface area contributed by atoms with Gasteiger partial charge in [-0.05, 0) is 43.5 Å². The summed E-state index contributed by atoms with van der Waals surface area (Å²) in [6.45, 7) is 6.01. The van der Waals surface area contributed by atoms with Crippen molar-refractivity contribution in [2.45, 2.75) is 26.3 Å². The van der Waals surface area contributed by atoms with E-state index in [1.165, 1.54) is 5.56 Å². The molecule has 0 aliphatic carbocycles. The molecule has 0 aliphatic heterocycles. The molecule has 1 unspecified atom stereocenters. The van der Waals surface area contributed by atoms with Gasteiger partial charge in [0.25, 0.3) is 0 Å². The highest BCUT2D eigenvalue weighted by molar-refractivity contribution is 5.77. The van der Waals surface area contributed by atoms with E-state index < -0.39 is 5.54 Å². The van der Waals surface area contributed by atoms with Crippen LogP contribution in [0.4, 0.5) is 0 Å². The van der Waals surface area contributed by atoms with Crippen molar-refractivity contribution in [1.82, 2.24) is 4.98 Å². The lowest BCUT2D eigenvalue weighted by molar-refractivity contribution is 0.418. The van der Waals surface area contributed by atoms with Gasteiger partial charge in [-0.2, -0.15) is 0 Å². The van der Waals surface area contributed by atoms with Gasteiger partial charge in [0, 0.05) is 0 Å². The lowest BCUT2D eigenvalue weighted by Gasteiger charge is -2.20. The van der Waals surface area contributed by atoms with Crippen molar-refractivity contribution in [2.24, 2.45) is 5.73 Å². The summed E-state index contributed by atoms with van der Waals surface area (Å²) in [5.74, 6) is 0.549. The largest absolute Gasteiger partial charge is 0.438 e. The second kappa shape index (κ2) is 4.46. The average Bonchev–Trinajstić information content (AvgIpc) is 2.84. The second-order valence-corrected chi connectivity index (χ2v) is 5.52. The quantitative estimate of drug-likeness (QED) is 0.770. The zero-order valence-corrected chi connectivity index (χ0v) is 12.0. The number of aryl methyl sites for hydroxylation is 2. The zero-order valence-electron chi connectivity index (χ0n) is 12.0. The number of benzene rings is 2. The smallest absolute Gasteiger partial charge is 0.219 e. The molecule has 0 amide bonds. The van der Waals surface area contributed by atoms with Crippen LogP contribution in [0.2, 0.25) is 0 Å². The van der Waals surface area contributed by atoms with Crippen molar-refractivity contribution in [3.8, 4) is 0 Å². The number of hydrogen-bond acceptors (Lipinski definition) is 3. The first-order valence-electron chi connectivity index (χ1n) is 6.71. The van der Waals surface area contributed by atoms with Crippen LogP contribution in [-0.2, 0) is 5.54 Å². The molecule has 20 heavy (non-hydrogen) atoms. The van der Waals surface area contributed by atoms with Gasteiger partial charge in [-0.3, -0.25) is 0 Å². The summed E-state index contributed by atoms with van der Waals surface area (Å²) in [7, 11) is 0. The highest BCUT2D eigenvalue weighted by Gasteiger charge is 2.29. The van der Waals surface area contributed by atoms with Crippen LogP contribution in [0, 0.1) is 13.8 Å². The van der Waals surface area contributed by atoms with Crippen molar-refractivity contribution >= 4 is 11.1 Å². The Balaban J connectivity index is 2.17. The van der Waals surface area contributed by atoms with Gasteiger partial charge in [0.05, 0.1) is 0 Å². The van der Waals surface area contributed by atoms with E-state index in [9.17, 15) is 0 Å². The van der Waals surface area contributed by atoms with Crippen LogP contribution in [0.25, 0.3) is 11.1 Å². The first-order chi connectivity index (χ1) is 9.48. The molecule has 3 aromatic rings. The molecular weight excluding hydrogens is 248 g/mol. The number of rotatable bonds is 2. The number of fused-ring (bicyclic) bond motifs is 1. The third-order valence-corrected chi connectivity index (χ3v) is 3.64. The molecule has 1 heterocycles. The van der Waals surface area contributed by atoms with E-state index in [2.05, 4.69) is 18.0 Å². The SMILES string of the molecule is Cc1cc(C)c2oc(C(C)(N)c3ccccc3)nc2c1. The zero-order chi connectivity index (χ0) is 14.3. The maximum absolute atomic E-state index is 6.46. The number of oxazole rings is 1. The predicted octanol–water partition coefficient (Wildman–Crippen LogP) is 3.67. The van der Waals surface area contributed by atoms with E-state index in [0.29, 0.717) is 5.89 Å². The van der Waals surface area contributed by atoms with Gasteiger partial charge in [-0.25, -0.2) is 4.98 Å². The minimum atomic E-state index is -0.735. The number of hydrogen-bond donors (Lipinski definition) is 1. The maximum atomic E-state index is 6.46. The molecule has 2 aromatic carbocycles. The predicted molar refractivity (Wildman–Crippen MR) is 80.6 cm³/mol. The lowest BCUT2D eigenvalue weighted by atomic mass is 9.93. The van der Waals surface area contributed by atoms with Crippen LogP contribution in [0.5, 0.6) is 0 Å². The van der Waals surface area contributed by atoms with Crippen LogP contribution in [-0.4, -0.2) is 4.98 Å². The van der Waals surface area contributed by atoms with Gasteiger partial charge in [0.15, 0.2) is 5.58 Å². The first-order valence-corrected chi connectivity index (χ1v) is 6.71. The second-order valence-electron chi connectivity index (χ2n) is 5.52. The van der Waals surface area contributed by atoms with Crippen LogP contribution in [0.3, 0.4) is 0 Å². The highest BCUT2D eigenvalue weighted by Crippen LogP contribution is 2.30. The van der Waals surface area contributed by atoms with Gasteiger partial charge in [0.2, 0.25) is 5.89 Å². The Bertz CT molecular complexity index is 757. The Morgan fingerprint density at radius 1 is 1.10 bits per heavy atom. The number of nitrogens with two attached hydrogens (primary N) is 1. The van der Waals surface area contributed by atoms with Crippen LogP contribution in [0.15, 0.2) is 46.9 Å². The normalized spacial score (nSPS) is 14.4. The topological polar surface area (TPSA) is 52.0 Å². The summed E-state index contributed by atoms with van der Waals surface area (Å²) < 4.78 is 5.94. The molecule has 102 valence electrons. The average molecular weight is 266 g/mol. The third kappa shape index (κ3) is 2.00. The fourth-order valence-electron chi connectivity index (χ4n) is 2.51. The first kappa shape index (κ1) is 12.9. The van der Waals surface area contributed by atoms with Gasteiger partial charge in [-0.1, -0.05) is 36.4 Å². The van der Waals surface area contributed by atoms with E-state index in [-0.39, 0.29) is 0 Å². The molecule has 2 N–H and O–H groups in total. The lowest BCUT2D eigenvalue weighted by Crippen LogP contribution is -2.34. The summed E-state index contributed by atoms with van der Waals surface area (Å²) >= 11 is 0. The van der Waals surface area contributed by atoms with Crippen molar-refractivity contribution in [1.29, 1.82) is 0 Å². The minimum absolute atomic E-state index is 0.549. The summed E-state index contributed by atoms with van der Waals surface area (Å²) in [4.78, 5) is 4.59. The van der Waals surface area contributed by atoms with Gasteiger partial charge in [-0.15, -0.1) is 0 Å². The highest BCUT2D eigenvalue weighted by atomic mass is 16.4. The maximum Gasteiger partial charge on any atom is 0.219 e. The van der Waals surface area contributed by atoms with E-state index in [1.807, 2.05) is 50.2 Å². The number of aromatic nitrogens is 1. The molecule has 0 bridgehead atoms.